The van der Waals surface area contributed by atoms with E-state index in [4.69, 9.17) is 4.74 Å². The Morgan fingerprint density at radius 1 is 0.893 bits per heavy atom. The van der Waals surface area contributed by atoms with Gasteiger partial charge in [0.15, 0.2) is 0 Å². The molecular formula is C24H27N3O. The molecule has 0 spiro atoms. The molecule has 4 heteroatoms. The van der Waals surface area contributed by atoms with E-state index in [1.54, 1.807) is 0 Å². The first-order valence-corrected chi connectivity index (χ1v) is 10.0. The van der Waals surface area contributed by atoms with Crippen molar-refractivity contribution >= 4 is 0 Å². The maximum atomic E-state index is 5.96. The molecule has 2 aromatic carbocycles. The van der Waals surface area contributed by atoms with Crippen molar-refractivity contribution in [2.45, 2.75) is 19.1 Å². The summed E-state index contributed by atoms with van der Waals surface area (Å²) in [6.45, 7) is 4.77. The highest BCUT2D eigenvalue weighted by atomic mass is 16.5. The van der Waals surface area contributed by atoms with Gasteiger partial charge in [-0.25, -0.2) is 0 Å². The predicted molar refractivity (Wildman–Crippen MR) is 112 cm³/mol. The smallest absolute Gasteiger partial charge is 0.119 e. The topological polar surface area (TPSA) is 37.4 Å². The maximum absolute atomic E-state index is 5.96. The molecule has 4 nitrogen and oxygen atoms in total. The molecule has 1 atom stereocenters. The lowest BCUT2D eigenvalue weighted by Gasteiger charge is -2.30. The fourth-order valence-electron chi connectivity index (χ4n) is 3.72. The molecule has 144 valence electrons. The van der Waals surface area contributed by atoms with Crippen LogP contribution in [0.5, 0.6) is 5.75 Å². The predicted octanol–water partition coefficient (Wildman–Crippen LogP) is 4.05. The van der Waals surface area contributed by atoms with Crippen LogP contribution in [0, 0.1) is 0 Å². The van der Waals surface area contributed by atoms with Crippen molar-refractivity contribution in [2.75, 3.05) is 26.2 Å². The lowest BCUT2D eigenvalue weighted by molar-refractivity contribution is 0.237. The van der Waals surface area contributed by atoms with Gasteiger partial charge in [-0.2, -0.15) is 0 Å². The average molecular weight is 374 g/mol. The van der Waals surface area contributed by atoms with Crippen molar-refractivity contribution in [1.82, 2.24) is 15.2 Å². The van der Waals surface area contributed by atoms with E-state index in [1.807, 2.05) is 30.5 Å². The van der Waals surface area contributed by atoms with E-state index in [1.165, 1.54) is 11.1 Å². The van der Waals surface area contributed by atoms with E-state index in [9.17, 15) is 0 Å². The molecule has 28 heavy (non-hydrogen) atoms. The Balaban J connectivity index is 1.52. The SMILES string of the molecule is c1ccc(COc2ccc(C(c3ccccn3)N3CCCNCC3)cc2)cc1. The van der Waals surface area contributed by atoms with Gasteiger partial charge in [0.2, 0.25) is 0 Å². The third-order valence-corrected chi connectivity index (χ3v) is 5.15. The first kappa shape index (κ1) is 18.7. The van der Waals surface area contributed by atoms with Crippen molar-refractivity contribution in [1.29, 1.82) is 0 Å². The summed E-state index contributed by atoms with van der Waals surface area (Å²) in [6, 6.07) is 25.1. The second kappa shape index (κ2) is 9.49. The molecule has 1 fully saturated rings. The molecule has 0 aliphatic carbocycles. The molecule has 0 amide bonds. The highest BCUT2D eigenvalue weighted by molar-refractivity contribution is 5.33. The Kier molecular flexibility index (Phi) is 6.32. The zero-order valence-corrected chi connectivity index (χ0v) is 16.1. The first-order chi connectivity index (χ1) is 13.9. The molecule has 1 aromatic heterocycles. The molecule has 0 bridgehead atoms. The van der Waals surface area contributed by atoms with Crippen LogP contribution in [0.3, 0.4) is 0 Å². The summed E-state index contributed by atoms with van der Waals surface area (Å²) < 4.78 is 5.96. The Labute approximate surface area is 167 Å². The van der Waals surface area contributed by atoms with E-state index >= 15 is 0 Å². The largest absolute Gasteiger partial charge is 0.489 e. The van der Waals surface area contributed by atoms with Crippen LogP contribution < -0.4 is 10.1 Å². The Hall–Kier alpha value is -2.69. The van der Waals surface area contributed by atoms with E-state index in [-0.39, 0.29) is 6.04 Å². The second-order valence-electron chi connectivity index (χ2n) is 7.14. The molecule has 4 rings (SSSR count). The van der Waals surface area contributed by atoms with Crippen LogP contribution in [-0.4, -0.2) is 36.1 Å². The number of nitrogens with zero attached hydrogens (tertiary/aromatic N) is 2. The average Bonchev–Trinajstić information content (AvgIpc) is 3.04. The molecule has 1 aliphatic heterocycles. The Bertz CT molecular complexity index is 829. The molecule has 0 saturated carbocycles. The second-order valence-corrected chi connectivity index (χ2v) is 7.14. The summed E-state index contributed by atoms with van der Waals surface area (Å²) in [5.74, 6) is 0.893. The van der Waals surface area contributed by atoms with Gasteiger partial charge in [-0.1, -0.05) is 48.5 Å². The van der Waals surface area contributed by atoms with Crippen LogP contribution in [0.25, 0.3) is 0 Å². The lowest BCUT2D eigenvalue weighted by atomic mass is 10.0. The number of ether oxygens (including phenoxy) is 1. The van der Waals surface area contributed by atoms with Crippen molar-refractivity contribution in [2.24, 2.45) is 0 Å². The summed E-state index contributed by atoms with van der Waals surface area (Å²) in [5, 5.41) is 3.49. The van der Waals surface area contributed by atoms with Crippen LogP contribution >= 0.6 is 0 Å². The highest BCUT2D eigenvalue weighted by Crippen LogP contribution is 2.29. The van der Waals surface area contributed by atoms with Gasteiger partial charge in [-0.3, -0.25) is 9.88 Å². The van der Waals surface area contributed by atoms with E-state index in [0.29, 0.717) is 6.61 Å². The molecule has 1 unspecified atom stereocenters. The summed E-state index contributed by atoms with van der Waals surface area (Å²) >= 11 is 0. The van der Waals surface area contributed by atoms with Crippen LogP contribution in [0.2, 0.25) is 0 Å². The fourth-order valence-corrected chi connectivity index (χ4v) is 3.72. The molecule has 0 radical (unpaired) electrons. The quantitative estimate of drug-likeness (QED) is 0.707. The van der Waals surface area contributed by atoms with Crippen LogP contribution in [-0.2, 0) is 6.61 Å². The number of pyridine rings is 1. The van der Waals surface area contributed by atoms with Crippen molar-refractivity contribution in [3.8, 4) is 5.75 Å². The number of hydrogen-bond donors (Lipinski definition) is 1. The molecule has 1 N–H and O–H groups in total. The van der Waals surface area contributed by atoms with Gasteiger partial charge in [0, 0.05) is 25.8 Å². The molecule has 2 heterocycles. The number of aromatic nitrogens is 1. The highest BCUT2D eigenvalue weighted by Gasteiger charge is 2.24. The summed E-state index contributed by atoms with van der Waals surface area (Å²) in [4.78, 5) is 7.20. The summed E-state index contributed by atoms with van der Waals surface area (Å²) in [6.07, 6.45) is 3.04. The maximum Gasteiger partial charge on any atom is 0.119 e. The van der Waals surface area contributed by atoms with Gasteiger partial charge in [0.1, 0.15) is 12.4 Å². The van der Waals surface area contributed by atoms with Crippen molar-refractivity contribution < 1.29 is 4.74 Å². The van der Waals surface area contributed by atoms with Crippen molar-refractivity contribution in [3.05, 3.63) is 95.8 Å². The van der Waals surface area contributed by atoms with E-state index < -0.39 is 0 Å². The lowest BCUT2D eigenvalue weighted by Crippen LogP contribution is -2.33. The number of benzene rings is 2. The molecule has 3 aromatic rings. The minimum Gasteiger partial charge on any atom is -0.489 e. The van der Waals surface area contributed by atoms with E-state index in [2.05, 4.69) is 63.7 Å². The van der Waals surface area contributed by atoms with Gasteiger partial charge < -0.3 is 10.1 Å². The van der Waals surface area contributed by atoms with Crippen molar-refractivity contribution in [3.63, 3.8) is 0 Å². The zero-order valence-electron chi connectivity index (χ0n) is 16.1. The fraction of sp³-hybridized carbons (Fsp3) is 0.292. The van der Waals surface area contributed by atoms with Gasteiger partial charge in [0.25, 0.3) is 0 Å². The van der Waals surface area contributed by atoms with Gasteiger partial charge >= 0.3 is 0 Å². The van der Waals surface area contributed by atoms with Crippen LogP contribution in [0.1, 0.15) is 29.3 Å². The third kappa shape index (κ3) is 4.77. The van der Waals surface area contributed by atoms with Gasteiger partial charge in [0.05, 0.1) is 11.7 Å². The number of rotatable bonds is 6. The van der Waals surface area contributed by atoms with Gasteiger partial charge in [-0.15, -0.1) is 0 Å². The number of hydrogen-bond acceptors (Lipinski definition) is 4. The zero-order chi connectivity index (χ0) is 19.0. The molecule has 1 saturated heterocycles. The van der Waals surface area contributed by atoms with Crippen LogP contribution in [0.15, 0.2) is 79.0 Å². The van der Waals surface area contributed by atoms with Crippen LogP contribution in [0.4, 0.5) is 0 Å². The normalized spacial score (nSPS) is 16.3. The molecular weight excluding hydrogens is 346 g/mol. The van der Waals surface area contributed by atoms with E-state index in [0.717, 1.165) is 44.0 Å². The van der Waals surface area contributed by atoms with Gasteiger partial charge in [-0.05, 0) is 48.4 Å². The Morgan fingerprint density at radius 2 is 1.71 bits per heavy atom. The number of nitrogens with one attached hydrogen (secondary N) is 1. The first-order valence-electron chi connectivity index (χ1n) is 10.0. The monoisotopic (exact) mass is 373 g/mol. The minimum absolute atomic E-state index is 0.171. The summed E-state index contributed by atoms with van der Waals surface area (Å²) in [7, 11) is 0. The standard InChI is InChI=1S/C24H27N3O/c1-2-7-20(8-3-1)19-28-22-12-10-21(11-13-22)24(23-9-4-5-15-26-23)27-17-6-14-25-16-18-27/h1-5,7-13,15,24-25H,6,14,16-19H2. The summed E-state index contributed by atoms with van der Waals surface area (Å²) in [5.41, 5.74) is 3.53. The molecule has 1 aliphatic rings. The minimum atomic E-state index is 0.171. The Morgan fingerprint density at radius 3 is 2.50 bits per heavy atom. The third-order valence-electron chi connectivity index (χ3n) is 5.15.